The first-order valence-electron chi connectivity index (χ1n) is 6.99. The van der Waals surface area contributed by atoms with E-state index in [4.69, 9.17) is 10.3 Å². The van der Waals surface area contributed by atoms with Crippen LogP contribution in [0.2, 0.25) is 0 Å². The number of hydrazine groups is 1. The summed E-state index contributed by atoms with van der Waals surface area (Å²) in [4.78, 5) is 18.2. The van der Waals surface area contributed by atoms with Crippen molar-refractivity contribution in [3.8, 4) is 0 Å². The number of carbonyl (C=O) groups is 1. The number of amides is 1. The van der Waals surface area contributed by atoms with E-state index in [0.29, 0.717) is 18.3 Å². The molecule has 0 unspecified atom stereocenters. The Balaban J connectivity index is 1.72. The summed E-state index contributed by atoms with van der Waals surface area (Å²) in [5.41, 5.74) is 3.30. The average Bonchev–Trinajstić information content (AvgIpc) is 3.24. The maximum atomic E-state index is 11.5. The van der Waals surface area contributed by atoms with E-state index in [1.54, 1.807) is 12.3 Å². The Morgan fingerprint density at radius 3 is 2.86 bits per heavy atom. The van der Waals surface area contributed by atoms with Gasteiger partial charge in [0.1, 0.15) is 11.5 Å². The predicted octanol–water partition coefficient (Wildman–Crippen LogP) is 1.44. The summed E-state index contributed by atoms with van der Waals surface area (Å²) in [6.45, 7) is 1.45. The van der Waals surface area contributed by atoms with Gasteiger partial charge in [-0.3, -0.25) is 15.1 Å². The molecule has 1 fully saturated rings. The van der Waals surface area contributed by atoms with Crippen LogP contribution in [0.4, 0.5) is 0 Å². The van der Waals surface area contributed by atoms with E-state index in [1.165, 1.54) is 12.8 Å². The van der Waals surface area contributed by atoms with E-state index in [2.05, 4.69) is 15.3 Å². The number of furan rings is 1. The van der Waals surface area contributed by atoms with Crippen molar-refractivity contribution in [3.05, 3.63) is 53.7 Å². The molecule has 3 N–H and O–H groups in total. The lowest BCUT2D eigenvalue weighted by Gasteiger charge is -2.20. The number of hydrogen-bond donors (Lipinski definition) is 2. The van der Waals surface area contributed by atoms with Crippen LogP contribution in [0.25, 0.3) is 0 Å². The highest BCUT2D eigenvalue weighted by molar-refractivity contribution is 5.91. The van der Waals surface area contributed by atoms with Gasteiger partial charge < -0.3 is 4.42 Å². The van der Waals surface area contributed by atoms with Gasteiger partial charge in [-0.15, -0.1) is 0 Å². The molecule has 1 amide bonds. The van der Waals surface area contributed by atoms with Crippen LogP contribution >= 0.6 is 0 Å². The fourth-order valence-corrected chi connectivity index (χ4v) is 2.33. The highest BCUT2D eigenvalue weighted by atomic mass is 16.3. The van der Waals surface area contributed by atoms with Gasteiger partial charge in [-0.1, -0.05) is 6.07 Å². The van der Waals surface area contributed by atoms with Crippen LogP contribution in [-0.2, 0) is 13.1 Å². The van der Waals surface area contributed by atoms with Crippen LogP contribution < -0.4 is 11.3 Å². The van der Waals surface area contributed by atoms with E-state index in [9.17, 15) is 4.79 Å². The van der Waals surface area contributed by atoms with Gasteiger partial charge >= 0.3 is 0 Å². The molecule has 21 heavy (non-hydrogen) atoms. The Labute approximate surface area is 122 Å². The van der Waals surface area contributed by atoms with Crippen LogP contribution in [0.1, 0.15) is 34.8 Å². The number of pyridine rings is 1. The van der Waals surface area contributed by atoms with Crippen molar-refractivity contribution in [1.82, 2.24) is 15.3 Å². The van der Waals surface area contributed by atoms with E-state index in [0.717, 1.165) is 18.0 Å². The van der Waals surface area contributed by atoms with E-state index in [1.807, 2.05) is 24.3 Å². The monoisotopic (exact) mass is 286 g/mol. The first-order chi connectivity index (χ1) is 10.3. The van der Waals surface area contributed by atoms with Crippen molar-refractivity contribution in [2.24, 2.45) is 5.84 Å². The highest BCUT2D eigenvalue weighted by Gasteiger charge is 2.29. The smallest absolute Gasteiger partial charge is 0.283 e. The molecule has 0 aromatic carbocycles. The predicted molar refractivity (Wildman–Crippen MR) is 76.9 cm³/mol. The SMILES string of the molecule is NNC(=O)c1cccc(CN(Cc2ccco2)C2CC2)n1. The van der Waals surface area contributed by atoms with Gasteiger partial charge in [0.2, 0.25) is 0 Å². The second-order valence-corrected chi connectivity index (χ2v) is 5.20. The molecule has 6 nitrogen and oxygen atoms in total. The summed E-state index contributed by atoms with van der Waals surface area (Å²) >= 11 is 0. The lowest BCUT2D eigenvalue weighted by atomic mass is 10.2. The van der Waals surface area contributed by atoms with E-state index < -0.39 is 0 Å². The second kappa shape index (κ2) is 6.07. The lowest BCUT2D eigenvalue weighted by molar-refractivity contribution is 0.0948. The summed E-state index contributed by atoms with van der Waals surface area (Å²) in [5.74, 6) is 5.71. The number of nitrogens with zero attached hydrogens (tertiary/aromatic N) is 2. The number of nitrogens with one attached hydrogen (secondary N) is 1. The summed E-state index contributed by atoms with van der Waals surface area (Å²) in [5, 5.41) is 0. The molecule has 0 spiro atoms. The Hall–Kier alpha value is -2.18. The Bertz CT molecular complexity index is 608. The highest BCUT2D eigenvalue weighted by Crippen LogP contribution is 2.29. The zero-order valence-corrected chi connectivity index (χ0v) is 11.7. The normalized spacial score (nSPS) is 14.4. The maximum Gasteiger partial charge on any atom is 0.283 e. The molecule has 0 bridgehead atoms. The number of nitrogen functional groups attached to an aromatic ring is 1. The van der Waals surface area contributed by atoms with Gasteiger partial charge in [-0.05, 0) is 37.1 Å². The minimum Gasteiger partial charge on any atom is -0.468 e. The zero-order valence-electron chi connectivity index (χ0n) is 11.7. The second-order valence-electron chi connectivity index (χ2n) is 5.20. The van der Waals surface area contributed by atoms with Crippen LogP contribution in [-0.4, -0.2) is 21.8 Å². The van der Waals surface area contributed by atoms with Crippen LogP contribution in [0.3, 0.4) is 0 Å². The van der Waals surface area contributed by atoms with Crippen LogP contribution in [0.5, 0.6) is 0 Å². The third-order valence-corrected chi connectivity index (χ3v) is 3.54. The van der Waals surface area contributed by atoms with Gasteiger partial charge in [0.15, 0.2) is 0 Å². The standard InChI is InChI=1S/C15H18N4O2/c16-18-15(20)14-5-1-3-11(17-14)9-19(12-6-7-12)10-13-4-2-8-21-13/h1-5,8,12H,6-7,9-10,16H2,(H,18,20). The van der Waals surface area contributed by atoms with Gasteiger partial charge in [0.05, 0.1) is 18.5 Å². The average molecular weight is 286 g/mol. The molecule has 3 rings (SSSR count). The number of hydrogen-bond acceptors (Lipinski definition) is 5. The van der Waals surface area contributed by atoms with Gasteiger partial charge in [0.25, 0.3) is 5.91 Å². The van der Waals surface area contributed by atoms with Crippen molar-refractivity contribution in [3.63, 3.8) is 0 Å². The van der Waals surface area contributed by atoms with Crippen LogP contribution in [0.15, 0.2) is 41.0 Å². The molecule has 110 valence electrons. The first-order valence-corrected chi connectivity index (χ1v) is 6.99. The maximum absolute atomic E-state index is 11.5. The third-order valence-electron chi connectivity index (χ3n) is 3.54. The Kier molecular flexibility index (Phi) is 3.98. The fraction of sp³-hybridized carbons (Fsp3) is 0.333. The van der Waals surface area contributed by atoms with Crippen molar-refractivity contribution < 1.29 is 9.21 Å². The number of nitrogens with two attached hydrogens (primary N) is 1. The lowest BCUT2D eigenvalue weighted by Crippen LogP contribution is -2.31. The summed E-state index contributed by atoms with van der Waals surface area (Å²) < 4.78 is 5.42. The Morgan fingerprint density at radius 2 is 2.19 bits per heavy atom. The molecule has 0 atom stereocenters. The molecule has 2 heterocycles. The van der Waals surface area contributed by atoms with E-state index >= 15 is 0 Å². The Morgan fingerprint density at radius 1 is 1.33 bits per heavy atom. The zero-order chi connectivity index (χ0) is 14.7. The third kappa shape index (κ3) is 3.48. The molecule has 1 aliphatic rings. The van der Waals surface area contributed by atoms with Crippen molar-refractivity contribution in [1.29, 1.82) is 0 Å². The minimum atomic E-state index is -0.374. The topological polar surface area (TPSA) is 84.4 Å². The number of aromatic nitrogens is 1. The molecule has 0 radical (unpaired) electrons. The van der Waals surface area contributed by atoms with Crippen molar-refractivity contribution in [2.75, 3.05) is 0 Å². The summed E-state index contributed by atoms with van der Waals surface area (Å²) in [6, 6.07) is 9.84. The van der Waals surface area contributed by atoms with Gasteiger partial charge in [0, 0.05) is 12.6 Å². The molecule has 1 aliphatic carbocycles. The quantitative estimate of drug-likeness (QED) is 0.477. The molecular formula is C15H18N4O2. The molecule has 2 aromatic heterocycles. The molecule has 0 saturated heterocycles. The molecule has 2 aromatic rings. The molecular weight excluding hydrogens is 268 g/mol. The fourth-order valence-electron chi connectivity index (χ4n) is 2.33. The van der Waals surface area contributed by atoms with Crippen LogP contribution in [0, 0.1) is 0 Å². The van der Waals surface area contributed by atoms with E-state index in [-0.39, 0.29) is 5.91 Å². The van der Waals surface area contributed by atoms with Crippen molar-refractivity contribution >= 4 is 5.91 Å². The molecule has 0 aliphatic heterocycles. The largest absolute Gasteiger partial charge is 0.468 e. The number of carbonyl (C=O) groups excluding carboxylic acids is 1. The van der Waals surface area contributed by atoms with Gasteiger partial charge in [-0.25, -0.2) is 10.8 Å². The first kappa shape index (κ1) is 13.8. The van der Waals surface area contributed by atoms with Gasteiger partial charge in [-0.2, -0.15) is 0 Å². The summed E-state index contributed by atoms with van der Waals surface area (Å²) in [7, 11) is 0. The molecule has 6 heteroatoms. The molecule has 1 saturated carbocycles. The van der Waals surface area contributed by atoms with Crippen molar-refractivity contribution in [2.45, 2.75) is 32.0 Å². The minimum absolute atomic E-state index is 0.337. The number of rotatable bonds is 6. The summed E-state index contributed by atoms with van der Waals surface area (Å²) in [6.07, 6.45) is 4.08.